The van der Waals surface area contributed by atoms with Crippen molar-refractivity contribution in [3.05, 3.63) is 57.8 Å². The first kappa shape index (κ1) is 17.2. The molecule has 1 atom stereocenters. The van der Waals surface area contributed by atoms with Gasteiger partial charge in [0.25, 0.3) is 5.91 Å². The quantitative estimate of drug-likeness (QED) is 0.791. The van der Waals surface area contributed by atoms with E-state index >= 15 is 0 Å². The van der Waals surface area contributed by atoms with Gasteiger partial charge in [0, 0.05) is 18.7 Å². The van der Waals surface area contributed by atoms with E-state index < -0.39 is 0 Å². The van der Waals surface area contributed by atoms with Gasteiger partial charge in [-0.1, -0.05) is 24.3 Å². The number of amides is 1. The van der Waals surface area contributed by atoms with Crippen LogP contribution in [0, 0.1) is 17.2 Å². The second kappa shape index (κ2) is 7.95. The van der Waals surface area contributed by atoms with Crippen molar-refractivity contribution >= 4 is 23.2 Å². The Kier molecular flexibility index (Phi) is 5.46. The van der Waals surface area contributed by atoms with E-state index in [9.17, 15) is 9.59 Å². The zero-order valence-electron chi connectivity index (χ0n) is 13.7. The highest BCUT2D eigenvalue weighted by molar-refractivity contribution is 7.12. The Morgan fingerprint density at radius 1 is 1.28 bits per heavy atom. The van der Waals surface area contributed by atoms with Crippen molar-refractivity contribution in [3.8, 4) is 6.07 Å². The molecule has 128 valence electrons. The monoisotopic (exact) mass is 354 g/mol. The first-order valence-corrected chi connectivity index (χ1v) is 9.04. The summed E-state index contributed by atoms with van der Waals surface area (Å²) in [4.78, 5) is 27.2. The molecule has 1 fully saturated rings. The number of benzene rings is 1. The maximum Gasteiger partial charge on any atom is 0.311 e. The Morgan fingerprint density at radius 2 is 2.12 bits per heavy atom. The molecule has 2 aromatic rings. The van der Waals surface area contributed by atoms with E-state index in [1.165, 1.54) is 11.3 Å². The fraction of sp³-hybridized carbons (Fsp3) is 0.316. The summed E-state index contributed by atoms with van der Waals surface area (Å²) in [7, 11) is 0. The van der Waals surface area contributed by atoms with Crippen molar-refractivity contribution in [2.45, 2.75) is 19.4 Å². The summed E-state index contributed by atoms with van der Waals surface area (Å²) < 4.78 is 5.40. The van der Waals surface area contributed by atoms with Crippen LogP contribution in [0.3, 0.4) is 0 Å². The van der Waals surface area contributed by atoms with E-state index in [1.807, 2.05) is 17.5 Å². The Bertz CT molecular complexity index is 795. The Hall–Kier alpha value is -2.65. The number of nitriles is 1. The molecule has 0 radical (unpaired) electrons. The van der Waals surface area contributed by atoms with Gasteiger partial charge < -0.3 is 9.64 Å². The highest BCUT2D eigenvalue weighted by Crippen LogP contribution is 2.22. The number of piperidine rings is 1. The second-order valence-electron chi connectivity index (χ2n) is 5.94. The number of hydrogen-bond donors (Lipinski definition) is 0. The van der Waals surface area contributed by atoms with Gasteiger partial charge in [-0.3, -0.25) is 9.59 Å². The number of carbonyl (C=O) groups is 2. The van der Waals surface area contributed by atoms with Gasteiger partial charge >= 0.3 is 5.97 Å². The van der Waals surface area contributed by atoms with E-state index in [-0.39, 0.29) is 24.4 Å². The number of nitrogens with zero attached hydrogens (tertiary/aromatic N) is 2. The van der Waals surface area contributed by atoms with Crippen LogP contribution in [0.5, 0.6) is 0 Å². The molecular formula is C19H18N2O3S. The van der Waals surface area contributed by atoms with Crippen molar-refractivity contribution in [1.29, 1.82) is 5.26 Å². The Morgan fingerprint density at radius 3 is 2.88 bits per heavy atom. The fourth-order valence-electron chi connectivity index (χ4n) is 2.93. The molecule has 1 aliphatic rings. The number of esters is 1. The molecule has 3 rings (SSSR count). The van der Waals surface area contributed by atoms with E-state index in [0.29, 0.717) is 35.5 Å². The number of rotatable bonds is 4. The largest absolute Gasteiger partial charge is 0.460 e. The Labute approximate surface area is 150 Å². The maximum absolute atomic E-state index is 12.4. The van der Waals surface area contributed by atoms with Crippen LogP contribution < -0.4 is 0 Å². The SMILES string of the molecule is N#Cc1ccccc1COC(=O)C1CCCN(C(=O)c2cccs2)C1. The second-order valence-corrected chi connectivity index (χ2v) is 6.89. The molecule has 5 nitrogen and oxygen atoms in total. The molecule has 1 unspecified atom stereocenters. The van der Waals surface area contributed by atoms with Gasteiger partial charge in [0.1, 0.15) is 6.61 Å². The molecule has 25 heavy (non-hydrogen) atoms. The minimum atomic E-state index is -0.313. The van der Waals surface area contributed by atoms with Gasteiger partial charge in [-0.2, -0.15) is 5.26 Å². The third-order valence-corrected chi connectivity index (χ3v) is 5.14. The van der Waals surface area contributed by atoms with Gasteiger partial charge in [0.2, 0.25) is 0 Å². The van der Waals surface area contributed by atoms with Crippen LogP contribution in [-0.2, 0) is 16.1 Å². The lowest BCUT2D eigenvalue weighted by atomic mass is 9.98. The van der Waals surface area contributed by atoms with E-state index in [0.717, 1.165) is 6.42 Å². The number of thiophene rings is 1. The predicted octanol–water partition coefficient (Wildman–Crippen LogP) is 3.22. The molecule has 0 N–H and O–H groups in total. The summed E-state index contributed by atoms with van der Waals surface area (Å²) in [5, 5.41) is 11.0. The average molecular weight is 354 g/mol. The van der Waals surface area contributed by atoms with Crippen LogP contribution in [0.15, 0.2) is 41.8 Å². The van der Waals surface area contributed by atoms with Gasteiger partial charge in [-0.05, 0) is 30.4 Å². The Balaban J connectivity index is 1.59. The standard InChI is InChI=1S/C19H18N2O3S/c20-11-14-5-1-2-6-16(14)13-24-19(23)15-7-3-9-21(12-15)18(22)17-8-4-10-25-17/h1-2,4-6,8,10,15H,3,7,9,12-13H2. The van der Waals surface area contributed by atoms with Crippen LogP contribution in [0.1, 0.15) is 33.6 Å². The molecule has 6 heteroatoms. The molecule has 0 aliphatic carbocycles. The van der Waals surface area contributed by atoms with Crippen molar-refractivity contribution in [3.63, 3.8) is 0 Å². The molecule has 1 aliphatic heterocycles. The molecule has 1 amide bonds. The zero-order chi connectivity index (χ0) is 17.6. The predicted molar refractivity (Wildman–Crippen MR) is 93.9 cm³/mol. The molecule has 0 bridgehead atoms. The summed E-state index contributed by atoms with van der Waals surface area (Å²) in [6, 6.07) is 12.8. The third-order valence-electron chi connectivity index (χ3n) is 4.28. The summed E-state index contributed by atoms with van der Waals surface area (Å²) in [5.74, 6) is -0.648. The molecule has 0 saturated carbocycles. The molecule has 1 saturated heterocycles. The molecular weight excluding hydrogens is 336 g/mol. The molecule has 2 heterocycles. The first-order valence-electron chi connectivity index (χ1n) is 8.16. The summed E-state index contributed by atoms with van der Waals surface area (Å²) in [6.45, 7) is 1.13. The number of hydrogen-bond acceptors (Lipinski definition) is 5. The summed E-state index contributed by atoms with van der Waals surface area (Å²) in [5.41, 5.74) is 1.20. The van der Waals surface area contributed by atoms with Crippen molar-refractivity contribution in [2.24, 2.45) is 5.92 Å². The van der Waals surface area contributed by atoms with Crippen molar-refractivity contribution in [1.82, 2.24) is 4.90 Å². The topological polar surface area (TPSA) is 70.4 Å². The smallest absolute Gasteiger partial charge is 0.311 e. The number of carbonyl (C=O) groups excluding carboxylic acids is 2. The van der Waals surface area contributed by atoms with Crippen LogP contribution in [-0.4, -0.2) is 29.9 Å². The summed E-state index contributed by atoms with van der Waals surface area (Å²) in [6.07, 6.45) is 1.50. The lowest BCUT2D eigenvalue weighted by Gasteiger charge is -2.31. The first-order chi connectivity index (χ1) is 12.2. The minimum Gasteiger partial charge on any atom is -0.460 e. The maximum atomic E-state index is 12.4. The lowest BCUT2D eigenvalue weighted by molar-refractivity contribution is -0.151. The lowest BCUT2D eigenvalue weighted by Crippen LogP contribution is -2.42. The highest BCUT2D eigenvalue weighted by Gasteiger charge is 2.30. The molecule has 0 spiro atoms. The van der Waals surface area contributed by atoms with E-state index in [4.69, 9.17) is 10.00 Å². The minimum absolute atomic E-state index is 0.0256. The highest BCUT2D eigenvalue weighted by atomic mass is 32.1. The third kappa shape index (κ3) is 4.06. The fourth-order valence-corrected chi connectivity index (χ4v) is 3.62. The summed E-state index contributed by atoms with van der Waals surface area (Å²) >= 11 is 1.41. The van der Waals surface area contributed by atoms with Gasteiger partial charge in [-0.25, -0.2) is 0 Å². The van der Waals surface area contributed by atoms with Gasteiger partial charge in [0.05, 0.1) is 22.4 Å². The van der Waals surface area contributed by atoms with Crippen LogP contribution >= 0.6 is 11.3 Å². The van der Waals surface area contributed by atoms with Gasteiger partial charge in [-0.15, -0.1) is 11.3 Å². The normalized spacial score (nSPS) is 16.9. The van der Waals surface area contributed by atoms with E-state index in [1.54, 1.807) is 29.2 Å². The molecule has 1 aromatic heterocycles. The van der Waals surface area contributed by atoms with Crippen molar-refractivity contribution in [2.75, 3.05) is 13.1 Å². The molecule has 1 aromatic carbocycles. The number of ether oxygens (including phenoxy) is 1. The average Bonchev–Trinajstić information content (AvgIpc) is 3.20. The zero-order valence-corrected chi connectivity index (χ0v) is 14.5. The van der Waals surface area contributed by atoms with Crippen LogP contribution in [0.2, 0.25) is 0 Å². The van der Waals surface area contributed by atoms with Crippen molar-refractivity contribution < 1.29 is 14.3 Å². The number of likely N-dealkylation sites (tertiary alicyclic amines) is 1. The van der Waals surface area contributed by atoms with Gasteiger partial charge in [0.15, 0.2) is 0 Å². The van der Waals surface area contributed by atoms with E-state index in [2.05, 4.69) is 6.07 Å². The van der Waals surface area contributed by atoms with Crippen LogP contribution in [0.25, 0.3) is 0 Å². The van der Waals surface area contributed by atoms with Crippen LogP contribution in [0.4, 0.5) is 0 Å².